The highest BCUT2D eigenvalue weighted by Crippen LogP contribution is 2.50. The lowest BCUT2D eigenvalue weighted by molar-refractivity contribution is 0.0526. The van der Waals surface area contributed by atoms with E-state index in [1.54, 1.807) is 0 Å². The summed E-state index contributed by atoms with van der Waals surface area (Å²) in [5.74, 6) is 0.337. The molecular formula is C29H38O2. The summed E-state index contributed by atoms with van der Waals surface area (Å²) >= 11 is 0. The van der Waals surface area contributed by atoms with Crippen LogP contribution in [0, 0.1) is 5.92 Å². The summed E-state index contributed by atoms with van der Waals surface area (Å²) in [6.07, 6.45) is 4.48. The molecule has 0 N–H and O–H groups in total. The molecule has 0 aliphatic heterocycles. The van der Waals surface area contributed by atoms with Gasteiger partial charge in [0.25, 0.3) is 0 Å². The van der Waals surface area contributed by atoms with E-state index in [9.17, 15) is 4.79 Å². The van der Waals surface area contributed by atoms with Crippen LogP contribution < -0.4 is 0 Å². The number of ether oxygens (including phenoxy) is 1. The Hall–Kier alpha value is -2.35. The van der Waals surface area contributed by atoms with Crippen LogP contribution in [-0.2, 0) is 22.0 Å². The average molecular weight is 419 g/mol. The van der Waals surface area contributed by atoms with E-state index in [-0.39, 0.29) is 16.8 Å². The molecule has 0 radical (unpaired) electrons. The van der Waals surface area contributed by atoms with Crippen LogP contribution in [0.15, 0.2) is 36.4 Å². The fraction of sp³-hybridized carbons (Fsp3) is 0.483. The topological polar surface area (TPSA) is 26.3 Å². The number of hydrogen-bond donors (Lipinski definition) is 0. The quantitative estimate of drug-likeness (QED) is 0.357. The number of allylic oxidation sites excluding steroid dienone is 1. The molecule has 0 atom stereocenters. The third-order valence-corrected chi connectivity index (χ3v) is 6.44. The van der Waals surface area contributed by atoms with Crippen LogP contribution in [0.3, 0.4) is 0 Å². The molecule has 3 rings (SSSR count). The Morgan fingerprint density at radius 3 is 2.16 bits per heavy atom. The van der Waals surface area contributed by atoms with Crippen LogP contribution in [0.1, 0.15) is 100.0 Å². The average Bonchev–Trinajstić information content (AvgIpc) is 2.85. The maximum Gasteiger partial charge on any atom is 0.338 e. The predicted octanol–water partition coefficient (Wildman–Crippen LogP) is 7.58. The largest absolute Gasteiger partial charge is 0.462 e. The lowest BCUT2D eigenvalue weighted by Crippen LogP contribution is -2.18. The van der Waals surface area contributed by atoms with Crippen LogP contribution in [0.5, 0.6) is 0 Å². The Balaban J connectivity index is 2.03. The second kappa shape index (κ2) is 8.65. The Morgan fingerprint density at radius 1 is 1.03 bits per heavy atom. The van der Waals surface area contributed by atoms with Gasteiger partial charge in [0, 0.05) is 0 Å². The summed E-state index contributed by atoms with van der Waals surface area (Å²) in [4.78, 5) is 11.9. The number of benzene rings is 2. The molecular weight excluding hydrogens is 380 g/mol. The molecule has 1 aliphatic carbocycles. The number of carbonyl (C=O) groups is 1. The fourth-order valence-corrected chi connectivity index (χ4v) is 5.29. The van der Waals surface area contributed by atoms with Crippen molar-refractivity contribution >= 4 is 17.6 Å². The summed E-state index contributed by atoms with van der Waals surface area (Å²) in [6, 6.07) is 12.6. The van der Waals surface area contributed by atoms with Crippen molar-refractivity contribution in [3.63, 3.8) is 0 Å². The van der Waals surface area contributed by atoms with Gasteiger partial charge in [0.2, 0.25) is 0 Å². The minimum Gasteiger partial charge on any atom is -0.462 e. The zero-order valence-electron chi connectivity index (χ0n) is 20.6. The Bertz CT molecular complexity index is 988. The van der Waals surface area contributed by atoms with Gasteiger partial charge in [-0.25, -0.2) is 4.79 Å². The molecule has 1 aliphatic rings. The lowest BCUT2D eigenvalue weighted by atomic mass is 9.82. The predicted molar refractivity (Wildman–Crippen MR) is 132 cm³/mol. The summed E-state index contributed by atoms with van der Waals surface area (Å²) in [5, 5.41) is 0. The number of hydrogen-bond acceptors (Lipinski definition) is 2. The second-order valence-electron chi connectivity index (χ2n) is 10.8. The van der Waals surface area contributed by atoms with Gasteiger partial charge in [0.1, 0.15) is 0 Å². The summed E-state index contributed by atoms with van der Waals surface area (Å²) in [7, 11) is 0. The molecule has 0 saturated heterocycles. The van der Waals surface area contributed by atoms with Crippen molar-refractivity contribution in [2.24, 2.45) is 5.92 Å². The molecule has 0 heterocycles. The molecule has 0 unspecified atom stereocenters. The molecule has 2 aromatic carbocycles. The van der Waals surface area contributed by atoms with Gasteiger partial charge in [-0.2, -0.15) is 0 Å². The first-order chi connectivity index (χ1) is 14.4. The summed E-state index contributed by atoms with van der Waals surface area (Å²) in [5.41, 5.74) is 9.16. The Labute approximate surface area is 188 Å². The van der Waals surface area contributed by atoms with Gasteiger partial charge in [-0.05, 0) is 89.0 Å². The molecule has 2 heteroatoms. The highest BCUT2D eigenvalue weighted by molar-refractivity contribution is 5.90. The first-order valence-corrected chi connectivity index (χ1v) is 11.6. The highest BCUT2D eigenvalue weighted by atomic mass is 16.5. The fourth-order valence-electron chi connectivity index (χ4n) is 5.29. The van der Waals surface area contributed by atoms with E-state index >= 15 is 0 Å². The van der Waals surface area contributed by atoms with Gasteiger partial charge < -0.3 is 4.74 Å². The monoisotopic (exact) mass is 418 g/mol. The Morgan fingerprint density at radius 2 is 1.61 bits per heavy atom. The van der Waals surface area contributed by atoms with Gasteiger partial charge in [0.05, 0.1) is 12.2 Å². The van der Waals surface area contributed by atoms with E-state index in [0.29, 0.717) is 18.1 Å². The molecule has 31 heavy (non-hydrogen) atoms. The number of fused-ring (bicyclic) bond motifs is 1. The smallest absolute Gasteiger partial charge is 0.338 e. The number of rotatable bonds is 6. The van der Waals surface area contributed by atoms with Crippen molar-refractivity contribution in [1.82, 2.24) is 0 Å². The second-order valence-corrected chi connectivity index (χ2v) is 10.8. The Kier molecular flexibility index (Phi) is 6.51. The molecule has 2 aromatic rings. The van der Waals surface area contributed by atoms with Gasteiger partial charge in [-0.3, -0.25) is 0 Å². The molecule has 0 aromatic heterocycles. The van der Waals surface area contributed by atoms with Crippen molar-refractivity contribution in [3.05, 3.63) is 69.8 Å². The zero-order chi connectivity index (χ0) is 23.0. The van der Waals surface area contributed by atoms with Gasteiger partial charge in [-0.1, -0.05) is 71.9 Å². The zero-order valence-corrected chi connectivity index (χ0v) is 20.6. The van der Waals surface area contributed by atoms with Crippen molar-refractivity contribution in [2.75, 3.05) is 6.61 Å². The van der Waals surface area contributed by atoms with Crippen LogP contribution in [-0.4, -0.2) is 12.6 Å². The van der Waals surface area contributed by atoms with Crippen LogP contribution in [0.2, 0.25) is 0 Å². The first kappa shape index (κ1) is 23.3. The molecule has 166 valence electrons. The molecule has 0 saturated carbocycles. The standard InChI is InChI=1S/C29H38O2/c1-9-31-27(30)22-12-10-21(11-13-22)15-20(4)24-17-26-25(16-23(24)14-19(2)3)28(5,6)18-29(26,7)8/h10-13,15-17,19H,9,14,18H2,1-8H3/b20-15+. The first-order valence-electron chi connectivity index (χ1n) is 11.6. The number of carbonyl (C=O) groups excluding carboxylic acids is 1. The third kappa shape index (κ3) is 4.95. The van der Waals surface area contributed by atoms with Crippen LogP contribution in [0.25, 0.3) is 11.6 Å². The van der Waals surface area contributed by atoms with E-state index in [1.807, 2.05) is 31.2 Å². The van der Waals surface area contributed by atoms with E-state index in [2.05, 4.69) is 66.7 Å². The van der Waals surface area contributed by atoms with Crippen molar-refractivity contribution < 1.29 is 9.53 Å². The molecule has 0 bridgehead atoms. The van der Waals surface area contributed by atoms with E-state index in [4.69, 9.17) is 4.74 Å². The molecule has 0 amide bonds. The van der Waals surface area contributed by atoms with Crippen LogP contribution >= 0.6 is 0 Å². The maximum atomic E-state index is 11.9. The van der Waals surface area contributed by atoms with E-state index in [0.717, 1.165) is 12.0 Å². The van der Waals surface area contributed by atoms with Crippen LogP contribution in [0.4, 0.5) is 0 Å². The third-order valence-electron chi connectivity index (χ3n) is 6.44. The number of esters is 1. The minimum atomic E-state index is -0.266. The van der Waals surface area contributed by atoms with Crippen molar-refractivity contribution in [1.29, 1.82) is 0 Å². The minimum absolute atomic E-state index is 0.186. The van der Waals surface area contributed by atoms with E-state index in [1.165, 1.54) is 34.2 Å². The molecule has 0 spiro atoms. The normalized spacial score (nSPS) is 17.0. The highest BCUT2D eigenvalue weighted by Gasteiger charge is 2.42. The summed E-state index contributed by atoms with van der Waals surface area (Å²) in [6.45, 7) is 18.5. The van der Waals surface area contributed by atoms with E-state index < -0.39 is 0 Å². The summed E-state index contributed by atoms with van der Waals surface area (Å²) < 4.78 is 5.10. The molecule has 2 nitrogen and oxygen atoms in total. The lowest BCUT2D eigenvalue weighted by Gasteiger charge is -2.22. The maximum absolute atomic E-state index is 11.9. The molecule has 0 fully saturated rings. The SMILES string of the molecule is CCOC(=O)c1ccc(/C=C(\C)c2cc3c(cc2CC(C)C)C(C)(C)CC3(C)C)cc1. The van der Waals surface area contributed by atoms with Gasteiger partial charge in [0.15, 0.2) is 0 Å². The van der Waals surface area contributed by atoms with Gasteiger partial charge >= 0.3 is 5.97 Å². The van der Waals surface area contributed by atoms with Gasteiger partial charge in [-0.15, -0.1) is 0 Å². The van der Waals surface area contributed by atoms with Crippen molar-refractivity contribution in [2.45, 2.75) is 79.1 Å². The van der Waals surface area contributed by atoms with Crippen molar-refractivity contribution in [3.8, 4) is 0 Å².